The SMILES string of the molecule is O=C(Nc1cc(N2CCN(C3CCCCC3)CC2)ncn1)N1CCCC1. The summed E-state index contributed by atoms with van der Waals surface area (Å²) in [6, 6.07) is 2.64. The zero-order valence-electron chi connectivity index (χ0n) is 15.6. The average molecular weight is 358 g/mol. The molecule has 2 amide bonds. The van der Waals surface area contributed by atoms with E-state index in [1.54, 1.807) is 6.33 Å². The third-order valence-corrected chi connectivity index (χ3v) is 6.01. The molecular formula is C19H30N6O. The molecule has 3 aliphatic rings. The first-order valence-corrected chi connectivity index (χ1v) is 10.2. The van der Waals surface area contributed by atoms with Crippen molar-refractivity contribution in [3.8, 4) is 0 Å². The molecule has 26 heavy (non-hydrogen) atoms. The monoisotopic (exact) mass is 358 g/mol. The lowest BCUT2D eigenvalue weighted by Gasteiger charge is -2.41. The van der Waals surface area contributed by atoms with Gasteiger partial charge < -0.3 is 9.80 Å². The summed E-state index contributed by atoms with van der Waals surface area (Å²) < 4.78 is 0. The second-order valence-corrected chi connectivity index (χ2v) is 7.70. The number of piperazine rings is 1. The van der Waals surface area contributed by atoms with Crippen LogP contribution in [0.2, 0.25) is 0 Å². The maximum Gasteiger partial charge on any atom is 0.323 e. The Morgan fingerprint density at radius 3 is 2.38 bits per heavy atom. The molecule has 2 saturated heterocycles. The predicted octanol–water partition coefficient (Wildman–Crippen LogP) is 2.56. The molecule has 7 heteroatoms. The number of hydrogen-bond donors (Lipinski definition) is 1. The van der Waals surface area contributed by atoms with E-state index in [1.165, 1.54) is 32.1 Å². The normalized spacial score (nSPS) is 22.6. The summed E-state index contributed by atoms with van der Waals surface area (Å²) in [5.41, 5.74) is 0. The van der Waals surface area contributed by atoms with Gasteiger partial charge in [-0.3, -0.25) is 10.2 Å². The molecule has 0 radical (unpaired) electrons. The topological polar surface area (TPSA) is 64.6 Å². The Balaban J connectivity index is 1.32. The number of amides is 2. The lowest BCUT2D eigenvalue weighted by molar-refractivity contribution is 0.147. The number of likely N-dealkylation sites (tertiary alicyclic amines) is 1. The second-order valence-electron chi connectivity index (χ2n) is 7.70. The Labute approximate surface area is 155 Å². The highest BCUT2D eigenvalue weighted by molar-refractivity contribution is 5.88. The number of carbonyl (C=O) groups excluding carboxylic acids is 1. The predicted molar refractivity (Wildman–Crippen MR) is 103 cm³/mol. The van der Waals surface area contributed by atoms with Crippen molar-refractivity contribution in [2.24, 2.45) is 0 Å². The van der Waals surface area contributed by atoms with Crippen LogP contribution in [0.5, 0.6) is 0 Å². The fraction of sp³-hybridized carbons (Fsp3) is 0.737. The molecule has 0 unspecified atom stereocenters. The Morgan fingerprint density at radius 2 is 1.65 bits per heavy atom. The van der Waals surface area contributed by atoms with Gasteiger partial charge in [-0.25, -0.2) is 14.8 Å². The number of rotatable bonds is 3. The molecule has 1 saturated carbocycles. The highest BCUT2D eigenvalue weighted by Gasteiger charge is 2.26. The van der Waals surface area contributed by atoms with E-state index in [1.807, 2.05) is 11.0 Å². The van der Waals surface area contributed by atoms with Crippen LogP contribution in [0, 0.1) is 0 Å². The van der Waals surface area contributed by atoms with Crippen LogP contribution >= 0.6 is 0 Å². The standard InChI is InChI=1S/C19H30N6O/c26-19(25-8-4-5-9-25)22-17-14-18(21-15-20-17)24-12-10-23(11-13-24)16-6-2-1-3-7-16/h14-16H,1-13H2,(H,20,21,22,26). The van der Waals surface area contributed by atoms with Gasteiger partial charge in [0.05, 0.1) is 0 Å². The van der Waals surface area contributed by atoms with Crippen molar-refractivity contribution in [3.63, 3.8) is 0 Å². The van der Waals surface area contributed by atoms with E-state index in [0.717, 1.165) is 64.0 Å². The van der Waals surface area contributed by atoms with E-state index >= 15 is 0 Å². The molecule has 7 nitrogen and oxygen atoms in total. The molecule has 3 heterocycles. The van der Waals surface area contributed by atoms with Gasteiger partial charge in [0.15, 0.2) is 0 Å². The molecule has 3 fully saturated rings. The Bertz CT molecular complexity index is 604. The van der Waals surface area contributed by atoms with Gasteiger partial charge in [-0.15, -0.1) is 0 Å². The van der Waals surface area contributed by atoms with E-state index in [9.17, 15) is 4.79 Å². The van der Waals surface area contributed by atoms with E-state index < -0.39 is 0 Å². The van der Waals surface area contributed by atoms with Crippen LogP contribution in [-0.4, -0.2) is 71.1 Å². The summed E-state index contributed by atoms with van der Waals surface area (Å²) in [4.78, 5) is 27.7. The van der Waals surface area contributed by atoms with Crippen molar-refractivity contribution in [1.29, 1.82) is 0 Å². The largest absolute Gasteiger partial charge is 0.354 e. The molecule has 1 aromatic rings. The summed E-state index contributed by atoms with van der Waals surface area (Å²) in [5, 5.41) is 2.92. The summed E-state index contributed by atoms with van der Waals surface area (Å²) in [6.45, 7) is 5.87. The van der Waals surface area contributed by atoms with Crippen molar-refractivity contribution in [2.45, 2.75) is 51.0 Å². The van der Waals surface area contributed by atoms with Crippen LogP contribution in [0.1, 0.15) is 44.9 Å². The highest BCUT2D eigenvalue weighted by Crippen LogP contribution is 2.25. The number of anilines is 2. The molecule has 1 aliphatic carbocycles. The summed E-state index contributed by atoms with van der Waals surface area (Å²) >= 11 is 0. The van der Waals surface area contributed by atoms with Crippen molar-refractivity contribution >= 4 is 17.7 Å². The molecule has 0 aromatic carbocycles. The maximum absolute atomic E-state index is 12.3. The average Bonchev–Trinajstić information content (AvgIpc) is 3.24. The van der Waals surface area contributed by atoms with Crippen molar-refractivity contribution in [3.05, 3.63) is 12.4 Å². The molecule has 1 N–H and O–H groups in total. The van der Waals surface area contributed by atoms with Crippen molar-refractivity contribution < 1.29 is 4.79 Å². The first-order chi connectivity index (χ1) is 12.8. The lowest BCUT2D eigenvalue weighted by atomic mass is 9.94. The Kier molecular flexibility index (Phi) is 5.53. The van der Waals surface area contributed by atoms with E-state index in [-0.39, 0.29) is 6.03 Å². The van der Waals surface area contributed by atoms with Gasteiger partial charge >= 0.3 is 6.03 Å². The number of hydrogen-bond acceptors (Lipinski definition) is 5. The molecule has 1 aromatic heterocycles. The zero-order valence-corrected chi connectivity index (χ0v) is 15.6. The molecule has 142 valence electrons. The quantitative estimate of drug-likeness (QED) is 0.900. The number of aromatic nitrogens is 2. The first kappa shape index (κ1) is 17.5. The van der Waals surface area contributed by atoms with Crippen LogP contribution in [0.4, 0.5) is 16.4 Å². The maximum atomic E-state index is 12.3. The van der Waals surface area contributed by atoms with Gasteiger partial charge in [0.2, 0.25) is 0 Å². The van der Waals surface area contributed by atoms with Crippen LogP contribution in [-0.2, 0) is 0 Å². The van der Waals surface area contributed by atoms with Gasteiger partial charge in [-0.2, -0.15) is 0 Å². The highest BCUT2D eigenvalue weighted by atomic mass is 16.2. The molecule has 4 rings (SSSR count). The van der Waals surface area contributed by atoms with Gasteiger partial charge in [0, 0.05) is 51.4 Å². The minimum absolute atomic E-state index is 0.0470. The Morgan fingerprint density at radius 1 is 0.923 bits per heavy atom. The van der Waals surface area contributed by atoms with E-state index in [4.69, 9.17) is 0 Å². The third-order valence-electron chi connectivity index (χ3n) is 6.01. The molecular weight excluding hydrogens is 328 g/mol. The fourth-order valence-electron chi connectivity index (χ4n) is 4.46. The van der Waals surface area contributed by atoms with Crippen LogP contribution in [0.15, 0.2) is 12.4 Å². The van der Waals surface area contributed by atoms with Crippen molar-refractivity contribution in [1.82, 2.24) is 19.8 Å². The smallest absolute Gasteiger partial charge is 0.323 e. The summed E-state index contributed by atoms with van der Waals surface area (Å²) in [6.07, 6.45) is 10.6. The second kappa shape index (κ2) is 8.20. The van der Waals surface area contributed by atoms with Gasteiger partial charge in [-0.1, -0.05) is 19.3 Å². The minimum Gasteiger partial charge on any atom is -0.354 e. The van der Waals surface area contributed by atoms with Crippen LogP contribution in [0.3, 0.4) is 0 Å². The molecule has 0 bridgehead atoms. The van der Waals surface area contributed by atoms with E-state index in [0.29, 0.717) is 5.82 Å². The molecule has 2 aliphatic heterocycles. The van der Waals surface area contributed by atoms with Gasteiger partial charge in [0.1, 0.15) is 18.0 Å². The number of nitrogens with zero attached hydrogens (tertiary/aromatic N) is 5. The zero-order chi connectivity index (χ0) is 17.8. The molecule has 0 spiro atoms. The molecule has 0 atom stereocenters. The lowest BCUT2D eigenvalue weighted by Crippen LogP contribution is -2.51. The Hall–Kier alpha value is -1.89. The van der Waals surface area contributed by atoms with Crippen LogP contribution in [0.25, 0.3) is 0 Å². The number of nitrogens with one attached hydrogen (secondary N) is 1. The third kappa shape index (κ3) is 4.09. The summed E-state index contributed by atoms with van der Waals surface area (Å²) in [5.74, 6) is 1.52. The number of urea groups is 1. The number of carbonyl (C=O) groups is 1. The first-order valence-electron chi connectivity index (χ1n) is 10.2. The van der Waals surface area contributed by atoms with Gasteiger partial charge in [0.25, 0.3) is 0 Å². The van der Waals surface area contributed by atoms with Crippen LogP contribution < -0.4 is 10.2 Å². The summed E-state index contributed by atoms with van der Waals surface area (Å²) in [7, 11) is 0. The minimum atomic E-state index is -0.0470. The van der Waals surface area contributed by atoms with Crippen molar-refractivity contribution in [2.75, 3.05) is 49.5 Å². The van der Waals surface area contributed by atoms with Gasteiger partial charge in [-0.05, 0) is 25.7 Å². The fourth-order valence-corrected chi connectivity index (χ4v) is 4.46. The van der Waals surface area contributed by atoms with E-state index in [2.05, 4.69) is 25.1 Å².